The zero-order valence-electron chi connectivity index (χ0n) is 15.9. The number of piperazine rings is 1. The summed E-state index contributed by atoms with van der Waals surface area (Å²) in [5, 5.41) is 12.5. The van der Waals surface area contributed by atoms with Crippen LogP contribution >= 0.6 is 0 Å². The van der Waals surface area contributed by atoms with Crippen LogP contribution in [0.1, 0.15) is 0 Å². The fraction of sp³-hybridized carbons (Fsp3) is 0.136. The summed E-state index contributed by atoms with van der Waals surface area (Å²) in [7, 11) is 0. The van der Waals surface area contributed by atoms with Gasteiger partial charge in [0, 0.05) is 36.6 Å². The average Bonchev–Trinajstić information content (AvgIpc) is 3.14. The van der Waals surface area contributed by atoms with Gasteiger partial charge in [0.2, 0.25) is 5.91 Å². The van der Waals surface area contributed by atoms with Crippen molar-refractivity contribution in [1.29, 1.82) is 0 Å². The Bertz CT molecular complexity index is 1240. The number of nitrogens with zero attached hydrogens (tertiary/aromatic N) is 4. The van der Waals surface area contributed by atoms with Crippen molar-refractivity contribution in [1.82, 2.24) is 19.7 Å². The zero-order chi connectivity index (χ0) is 20.7. The molecule has 1 fully saturated rings. The Morgan fingerprint density at radius 2 is 1.77 bits per heavy atom. The number of carbonyl (C=O) groups excluding carboxylic acids is 1. The molecule has 5 rings (SSSR count). The number of imidazole rings is 1. The third-order valence-corrected chi connectivity index (χ3v) is 5.12. The molecule has 0 radical (unpaired) electrons. The number of benzene rings is 2. The Morgan fingerprint density at radius 3 is 2.50 bits per heavy atom. The molecule has 0 atom stereocenters. The fourth-order valence-electron chi connectivity index (χ4n) is 3.71. The molecule has 1 saturated heterocycles. The smallest absolute Gasteiger partial charge is 0.239 e. The maximum absolute atomic E-state index is 13.5. The number of halogens is 1. The fourth-order valence-corrected chi connectivity index (χ4v) is 3.71. The number of phenolic OH excluding ortho intramolecular Hbond substituents is 1. The monoisotopic (exact) mass is 403 g/mol. The molecular formula is C22H18FN5O2. The van der Waals surface area contributed by atoms with Crippen LogP contribution in [0.15, 0.2) is 60.9 Å². The molecule has 1 aliphatic rings. The van der Waals surface area contributed by atoms with Crippen molar-refractivity contribution in [2.75, 3.05) is 24.5 Å². The predicted octanol–water partition coefficient (Wildman–Crippen LogP) is 2.84. The van der Waals surface area contributed by atoms with E-state index in [1.54, 1.807) is 42.6 Å². The molecule has 7 nitrogen and oxygen atoms in total. The normalized spacial score (nSPS) is 14.2. The molecule has 2 aromatic heterocycles. The third kappa shape index (κ3) is 3.12. The van der Waals surface area contributed by atoms with Gasteiger partial charge < -0.3 is 15.3 Å². The SMILES string of the molecule is O=C1CN(c2nccn3c(-c4ccc(O)cc4)c(-c4ccc(F)cc4)nc23)CCN1. The van der Waals surface area contributed by atoms with Crippen molar-refractivity contribution in [3.63, 3.8) is 0 Å². The lowest BCUT2D eigenvalue weighted by Crippen LogP contribution is -2.48. The van der Waals surface area contributed by atoms with Gasteiger partial charge in [0.15, 0.2) is 11.5 Å². The maximum Gasteiger partial charge on any atom is 0.239 e. The molecule has 8 heteroatoms. The first kappa shape index (κ1) is 18.1. The molecule has 0 unspecified atom stereocenters. The first-order chi connectivity index (χ1) is 14.6. The molecule has 1 aliphatic heterocycles. The summed E-state index contributed by atoms with van der Waals surface area (Å²) in [6, 6.07) is 13.0. The number of fused-ring (bicyclic) bond motifs is 1. The van der Waals surface area contributed by atoms with Crippen LogP contribution in [-0.2, 0) is 4.79 Å². The maximum atomic E-state index is 13.5. The van der Waals surface area contributed by atoms with Crippen LogP contribution < -0.4 is 10.2 Å². The summed E-state index contributed by atoms with van der Waals surface area (Å²) >= 11 is 0. The van der Waals surface area contributed by atoms with E-state index in [9.17, 15) is 14.3 Å². The van der Waals surface area contributed by atoms with Crippen LogP contribution in [0, 0.1) is 5.82 Å². The lowest BCUT2D eigenvalue weighted by Gasteiger charge is -2.27. The minimum atomic E-state index is -0.324. The van der Waals surface area contributed by atoms with E-state index < -0.39 is 0 Å². The number of hydrogen-bond donors (Lipinski definition) is 2. The van der Waals surface area contributed by atoms with Crippen LogP contribution in [-0.4, -0.2) is 45.0 Å². The van der Waals surface area contributed by atoms with Crippen molar-refractivity contribution >= 4 is 17.4 Å². The number of amides is 1. The Balaban J connectivity index is 1.75. The van der Waals surface area contributed by atoms with Gasteiger partial charge in [-0.2, -0.15) is 0 Å². The second kappa shape index (κ2) is 7.14. The second-order valence-corrected chi connectivity index (χ2v) is 7.08. The van der Waals surface area contributed by atoms with E-state index in [1.165, 1.54) is 12.1 Å². The number of aromatic hydroxyl groups is 1. The van der Waals surface area contributed by atoms with Crippen LogP contribution in [0.5, 0.6) is 5.75 Å². The highest BCUT2D eigenvalue weighted by atomic mass is 19.1. The van der Waals surface area contributed by atoms with E-state index in [0.29, 0.717) is 30.2 Å². The minimum Gasteiger partial charge on any atom is -0.508 e. The molecule has 2 N–H and O–H groups in total. The second-order valence-electron chi connectivity index (χ2n) is 7.08. The number of rotatable bonds is 3. The number of aromatic nitrogens is 3. The largest absolute Gasteiger partial charge is 0.508 e. The Kier molecular flexibility index (Phi) is 4.31. The van der Waals surface area contributed by atoms with Gasteiger partial charge in [-0.25, -0.2) is 14.4 Å². The van der Waals surface area contributed by atoms with Crippen LogP contribution in [0.25, 0.3) is 28.2 Å². The third-order valence-electron chi connectivity index (χ3n) is 5.12. The van der Waals surface area contributed by atoms with E-state index in [-0.39, 0.29) is 24.0 Å². The molecule has 1 amide bonds. The molecule has 0 bridgehead atoms. The van der Waals surface area contributed by atoms with Crippen molar-refractivity contribution < 1.29 is 14.3 Å². The Labute approximate surface area is 171 Å². The number of anilines is 1. The summed E-state index contributed by atoms with van der Waals surface area (Å²) in [6.07, 6.45) is 3.49. The number of hydrogen-bond acceptors (Lipinski definition) is 5. The Morgan fingerprint density at radius 1 is 1.03 bits per heavy atom. The summed E-state index contributed by atoms with van der Waals surface area (Å²) < 4.78 is 15.4. The zero-order valence-corrected chi connectivity index (χ0v) is 15.9. The predicted molar refractivity (Wildman–Crippen MR) is 111 cm³/mol. The van der Waals surface area contributed by atoms with Crippen molar-refractivity contribution in [2.45, 2.75) is 0 Å². The highest BCUT2D eigenvalue weighted by Gasteiger charge is 2.24. The summed E-state index contributed by atoms with van der Waals surface area (Å²) in [5.41, 5.74) is 3.66. The van der Waals surface area contributed by atoms with Crippen molar-refractivity contribution in [2.24, 2.45) is 0 Å². The van der Waals surface area contributed by atoms with E-state index in [1.807, 2.05) is 15.5 Å². The standard InChI is InChI=1S/C22H18FN5O2/c23-16-5-1-14(2-6-16)19-20(15-3-7-17(29)8-4-15)28-12-10-25-21(22(28)26-19)27-11-9-24-18(30)13-27/h1-8,10,12,29H,9,11,13H2,(H,24,30). The van der Waals surface area contributed by atoms with Crippen molar-refractivity contribution in [3.05, 3.63) is 66.7 Å². The minimum absolute atomic E-state index is 0.0610. The summed E-state index contributed by atoms with van der Waals surface area (Å²) in [4.78, 5) is 23.1. The van der Waals surface area contributed by atoms with Gasteiger partial charge in [0.25, 0.3) is 0 Å². The lowest BCUT2D eigenvalue weighted by atomic mass is 10.0. The lowest BCUT2D eigenvalue weighted by molar-refractivity contribution is -0.120. The summed E-state index contributed by atoms with van der Waals surface area (Å²) in [6.45, 7) is 1.38. The van der Waals surface area contributed by atoms with Gasteiger partial charge in [-0.3, -0.25) is 9.20 Å². The van der Waals surface area contributed by atoms with Crippen LogP contribution in [0.3, 0.4) is 0 Å². The molecule has 0 aliphatic carbocycles. The van der Waals surface area contributed by atoms with E-state index in [0.717, 1.165) is 16.8 Å². The van der Waals surface area contributed by atoms with E-state index >= 15 is 0 Å². The number of carbonyl (C=O) groups is 1. The average molecular weight is 403 g/mol. The van der Waals surface area contributed by atoms with Gasteiger partial charge >= 0.3 is 0 Å². The molecular weight excluding hydrogens is 385 g/mol. The first-order valence-electron chi connectivity index (χ1n) is 9.54. The number of nitrogens with one attached hydrogen (secondary N) is 1. The van der Waals surface area contributed by atoms with Gasteiger partial charge in [0.1, 0.15) is 11.6 Å². The highest BCUT2D eigenvalue weighted by Crippen LogP contribution is 2.35. The molecule has 2 aromatic carbocycles. The molecule has 30 heavy (non-hydrogen) atoms. The molecule has 4 aromatic rings. The van der Waals surface area contributed by atoms with Crippen LogP contribution in [0.4, 0.5) is 10.2 Å². The van der Waals surface area contributed by atoms with Gasteiger partial charge in [-0.05, 0) is 48.5 Å². The first-order valence-corrected chi connectivity index (χ1v) is 9.54. The molecule has 3 heterocycles. The summed E-state index contributed by atoms with van der Waals surface area (Å²) in [5.74, 6) is 0.392. The van der Waals surface area contributed by atoms with E-state index in [2.05, 4.69) is 10.3 Å². The number of phenols is 1. The van der Waals surface area contributed by atoms with Gasteiger partial charge in [-0.15, -0.1) is 0 Å². The quantitative estimate of drug-likeness (QED) is 0.550. The van der Waals surface area contributed by atoms with Crippen LogP contribution in [0.2, 0.25) is 0 Å². The van der Waals surface area contributed by atoms with Gasteiger partial charge in [-0.1, -0.05) is 0 Å². The Hall–Kier alpha value is -3.94. The molecule has 0 spiro atoms. The molecule has 150 valence electrons. The molecule has 0 saturated carbocycles. The topological polar surface area (TPSA) is 82.8 Å². The van der Waals surface area contributed by atoms with Crippen molar-refractivity contribution in [3.8, 4) is 28.3 Å². The van der Waals surface area contributed by atoms with Gasteiger partial charge in [0.05, 0.1) is 17.9 Å². The highest BCUT2D eigenvalue weighted by molar-refractivity contribution is 5.87. The van der Waals surface area contributed by atoms with E-state index in [4.69, 9.17) is 4.98 Å².